The number of ether oxygens (including phenoxy) is 2. The van der Waals surface area contributed by atoms with Gasteiger partial charge in [0.15, 0.2) is 0 Å². The Morgan fingerprint density at radius 3 is 2.48 bits per heavy atom. The van der Waals surface area contributed by atoms with Crippen molar-refractivity contribution in [3.8, 4) is 22.9 Å². The zero-order valence-corrected chi connectivity index (χ0v) is 15.3. The highest BCUT2D eigenvalue weighted by atomic mass is 16.5. The van der Waals surface area contributed by atoms with E-state index < -0.39 is 0 Å². The summed E-state index contributed by atoms with van der Waals surface area (Å²) in [5.74, 6) is 2.69. The SMILES string of the molecule is COc1cccc(-c2nc3ccccc3n2CCCOc2ccccc2)c1. The molecule has 4 nitrogen and oxygen atoms in total. The summed E-state index contributed by atoms with van der Waals surface area (Å²) >= 11 is 0. The molecule has 0 radical (unpaired) electrons. The number of rotatable bonds is 7. The van der Waals surface area contributed by atoms with Gasteiger partial charge in [-0.1, -0.05) is 42.5 Å². The van der Waals surface area contributed by atoms with Gasteiger partial charge in [0.05, 0.1) is 24.8 Å². The molecule has 0 fully saturated rings. The molecule has 0 aliphatic carbocycles. The summed E-state index contributed by atoms with van der Waals surface area (Å²) in [6, 6.07) is 26.2. The monoisotopic (exact) mass is 358 g/mol. The van der Waals surface area contributed by atoms with Crippen molar-refractivity contribution < 1.29 is 9.47 Å². The Balaban J connectivity index is 1.58. The smallest absolute Gasteiger partial charge is 0.141 e. The average molecular weight is 358 g/mol. The third-order valence-corrected chi connectivity index (χ3v) is 4.52. The van der Waals surface area contributed by atoms with Gasteiger partial charge in [-0.2, -0.15) is 0 Å². The Morgan fingerprint density at radius 1 is 0.852 bits per heavy atom. The molecule has 0 spiro atoms. The van der Waals surface area contributed by atoms with E-state index in [4.69, 9.17) is 14.5 Å². The Labute approximate surface area is 159 Å². The van der Waals surface area contributed by atoms with Crippen LogP contribution in [0, 0.1) is 0 Å². The van der Waals surface area contributed by atoms with E-state index in [1.807, 2.05) is 54.6 Å². The fourth-order valence-corrected chi connectivity index (χ4v) is 3.21. The van der Waals surface area contributed by atoms with Gasteiger partial charge in [0.2, 0.25) is 0 Å². The average Bonchev–Trinajstić information content (AvgIpc) is 3.11. The number of imidazole rings is 1. The van der Waals surface area contributed by atoms with Crippen LogP contribution in [-0.4, -0.2) is 23.3 Å². The van der Waals surface area contributed by atoms with Crippen LogP contribution in [0.4, 0.5) is 0 Å². The molecule has 4 aromatic rings. The van der Waals surface area contributed by atoms with Gasteiger partial charge >= 0.3 is 0 Å². The standard InChI is InChI=1S/C23H22N2O2/c1-26-20-12-7-9-18(17-20)23-24-21-13-5-6-14-22(21)25(23)15-8-16-27-19-10-3-2-4-11-19/h2-7,9-14,17H,8,15-16H2,1H3. The molecule has 1 aromatic heterocycles. The van der Waals surface area contributed by atoms with Crippen LogP contribution in [0.25, 0.3) is 22.4 Å². The zero-order chi connectivity index (χ0) is 18.5. The fourth-order valence-electron chi connectivity index (χ4n) is 3.21. The van der Waals surface area contributed by atoms with Crippen molar-refractivity contribution in [2.24, 2.45) is 0 Å². The second-order valence-electron chi connectivity index (χ2n) is 6.32. The Morgan fingerprint density at radius 2 is 1.63 bits per heavy atom. The summed E-state index contributed by atoms with van der Waals surface area (Å²) in [4.78, 5) is 4.86. The van der Waals surface area contributed by atoms with E-state index in [1.165, 1.54) is 0 Å². The lowest BCUT2D eigenvalue weighted by molar-refractivity contribution is 0.303. The van der Waals surface area contributed by atoms with E-state index in [9.17, 15) is 0 Å². The van der Waals surface area contributed by atoms with Crippen molar-refractivity contribution in [3.05, 3.63) is 78.9 Å². The number of aromatic nitrogens is 2. The van der Waals surface area contributed by atoms with Gasteiger partial charge in [-0.15, -0.1) is 0 Å². The highest BCUT2D eigenvalue weighted by Gasteiger charge is 2.12. The molecular weight excluding hydrogens is 336 g/mol. The minimum Gasteiger partial charge on any atom is -0.497 e. The van der Waals surface area contributed by atoms with Crippen molar-refractivity contribution in [1.82, 2.24) is 9.55 Å². The first-order valence-electron chi connectivity index (χ1n) is 9.13. The third-order valence-electron chi connectivity index (χ3n) is 4.52. The summed E-state index contributed by atoms with van der Waals surface area (Å²) < 4.78 is 13.5. The maximum atomic E-state index is 5.84. The van der Waals surface area contributed by atoms with E-state index in [0.29, 0.717) is 6.61 Å². The summed E-state index contributed by atoms with van der Waals surface area (Å²) in [7, 11) is 1.68. The quantitative estimate of drug-likeness (QED) is 0.427. The van der Waals surface area contributed by atoms with Crippen molar-refractivity contribution >= 4 is 11.0 Å². The van der Waals surface area contributed by atoms with Gasteiger partial charge in [0.25, 0.3) is 0 Å². The molecule has 136 valence electrons. The lowest BCUT2D eigenvalue weighted by Gasteiger charge is -2.11. The molecule has 0 aliphatic heterocycles. The molecule has 0 aliphatic rings. The number of benzene rings is 3. The number of methoxy groups -OCH3 is 1. The van der Waals surface area contributed by atoms with Crippen LogP contribution in [0.2, 0.25) is 0 Å². The Kier molecular flexibility index (Phi) is 5.06. The Hall–Kier alpha value is -3.27. The first kappa shape index (κ1) is 17.2. The first-order valence-corrected chi connectivity index (χ1v) is 9.13. The molecule has 1 heterocycles. The highest BCUT2D eigenvalue weighted by Crippen LogP contribution is 2.27. The largest absolute Gasteiger partial charge is 0.497 e. The second kappa shape index (κ2) is 7.96. The van der Waals surface area contributed by atoms with Crippen molar-refractivity contribution in [1.29, 1.82) is 0 Å². The molecule has 0 amide bonds. The molecule has 0 unspecified atom stereocenters. The fraction of sp³-hybridized carbons (Fsp3) is 0.174. The number of para-hydroxylation sites is 3. The summed E-state index contributed by atoms with van der Waals surface area (Å²) in [5.41, 5.74) is 3.18. The van der Waals surface area contributed by atoms with Crippen LogP contribution < -0.4 is 9.47 Å². The summed E-state index contributed by atoms with van der Waals surface area (Å²) in [6.07, 6.45) is 0.895. The molecule has 0 bridgehead atoms. The van der Waals surface area contributed by atoms with Gasteiger partial charge in [-0.25, -0.2) is 4.98 Å². The molecule has 0 N–H and O–H groups in total. The van der Waals surface area contributed by atoms with Gasteiger partial charge < -0.3 is 14.0 Å². The van der Waals surface area contributed by atoms with Crippen molar-refractivity contribution in [2.75, 3.05) is 13.7 Å². The molecular formula is C23H22N2O2. The number of hydrogen-bond donors (Lipinski definition) is 0. The van der Waals surface area contributed by atoms with Crippen LogP contribution in [0.5, 0.6) is 11.5 Å². The third kappa shape index (κ3) is 3.80. The normalized spacial score (nSPS) is 10.9. The number of nitrogens with zero attached hydrogens (tertiary/aromatic N) is 2. The number of fused-ring (bicyclic) bond motifs is 1. The molecule has 3 aromatic carbocycles. The van der Waals surface area contributed by atoms with Crippen LogP contribution in [0.1, 0.15) is 6.42 Å². The first-order chi connectivity index (χ1) is 13.3. The number of hydrogen-bond acceptors (Lipinski definition) is 3. The van der Waals surface area contributed by atoms with Gasteiger partial charge in [0, 0.05) is 12.1 Å². The van der Waals surface area contributed by atoms with Crippen LogP contribution in [-0.2, 0) is 6.54 Å². The van der Waals surface area contributed by atoms with Gasteiger partial charge in [-0.3, -0.25) is 0 Å². The minimum absolute atomic E-state index is 0.661. The lowest BCUT2D eigenvalue weighted by atomic mass is 10.2. The van der Waals surface area contributed by atoms with E-state index in [-0.39, 0.29) is 0 Å². The molecule has 27 heavy (non-hydrogen) atoms. The maximum Gasteiger partial charge on any atom is 0.141 e. The molecule has 0 saturated carbocycles. The molecule has 0 atom stereocenters. The van der Waals surface area contributed by atoms with E-state index in [0.717, 1.165) is 46.9 Å². The second-order valence-corrected chi connectivity index (χ2v) is 6.32. The summed E-state index contributed by atoms with van der Waals surface area (Å²) in [6.45, 7) is 1.49. The number of aryl methyl sites for hydroxylation is 1. The summed E-state index contributed by atoms with van der Waals surface area (Å²) in [5, 5.41) is 0. The van der Waals surface area contributed by atoms with E-state index >= 15 is 0 Å². The predicted molar refractivity (Wildman–Crippen MR) is 108 cm³/mol. The Bertz CT molecular complexity index is 1020. The van der Waals surface area contributed by atoms with E-state index in [2.05, 4.69) is 28.8 Å². The minimum atomic E-state index is 0.661. The van der Waals surface area contributed by atoms with Crippen molar-refractivity contribution in [3.63, 3.8) is 0 Å². The van der Waals surface area contributed by atoms with Crippen molar-refractivity contribution in [2.45, 2.75) is 13.0 Å². The topological polar surface area (TPSA) is 36.3 Å². The molecule has 0 saturated heterocycles. The predicted octanol–water partition coefficient (Wildman–Crippen LogP) is 5.18. The molecule has 4 rings (SSSR count). The van der Waals surface area contributed by atoms with Crippen LogP contribution in [0.3, 0.4) is 0 Å². The van der Waals surface area contributed by atoms with Crippen LogP contribution in [0.15, 0.2) is 78.9 Å². The van der Waals surface area contributed by atoms with Crippen LogP contribution >= 0.6 is 0 Å². The lowest BCUT2D eigenvalue weighted by Crippen LogP contribution is -2.06. The van der Waals surface area contributed by atoms with Gasteiger partial charge in [-0.05, 0) is 42.8 Å². The van der Waals surface area contributed by atoms with E-state index in [1.54, 1.807) is 7.11 Å². The maximum absolute atomic E-state index is 5.84. The zero-order valence-electron chi connectivity index (χ0n) is 15.3. The van der Waals surface area contributed by atoms with Gasteiger partial charge in [0.1, 0.15) is 17.3 Å². The highest BCUT2D eigenvalue weighted by molar-refractivity contribution is 5.80. The molecule has 4 heteroatoms.